The van der Waals surface area contributed by atoms with E-state index in [1.165, 1.54) is 11.8 Å². The predicted octanol–water partition coefficient (Wildman–Crippen LogP) is 1.55. The first-order valence-electron chi connectivity index (χ1n) is 5.30. The lowest BCUT2D eigenvalue weighted by Gasteiger charge is -1.90. The summed E-state index contributed by atoms with van der Waals surface area (Å²) in [6.45, 7) is 0. The van der Waals surface area contributed by atoms with E-state index >= 15 is 0 Å². The summed E-state index contributed by atoms with van der Waals surface area (Å²) in [6.07, 6.45) is 3.76. The zero-order chi connectivity index (χ0) is 12.8. The number of H-pyrrole nitrogens is 1. The van der Waals surface area contributed by atoms with Crippen LogP contribution >= 0.6 is 11.8 Å². The minimum Gasteiger partial charge on any atom is -0.369 e. The van der Waals surface area contributed by atoms with Crippen LogP contribution in [0.25, 0.3) is 12.2 Å². The van der Waals surface area contributed by atoms with E-state index in [4.69, 9.17) is 5.73 Å². The molecule has 1 aromatic carbocycles. The largest absolute Gasteiger partial charge is 0.369 e. The van der Waals surface area contributed by atoms with Crippen LogP contribution in [0.3, 0.4) is 0 Å². The second-order valence-electron chi connectivity index (χ2n) is 3.50. The van der Waals surface area contributed by atoms with E-state index in [1.54, 1.807) is 0 Å². The Kier molecular flexibility index (Phi) is 4.14. The van der Waals surface area contributed by atoms with E-state index < -0.39 is 0 Å². The number of hydrogen-bond acceptors (Lipinski definition) is 4. The predicted molar refractivity (Wildman–Crippen MR) is 71.7 cm³/mol. The van der Waals surface area contributed by atoms with Gasteiger partial charge in [-0.1, -0.05) is 48.2 Å². The van der Waals surface area contributed by atoms with Gasteiger partial charge in [0, 0.05) is 0 Å². The number of aromatic amines is 1. The van der Waals surface area contributed by atoms with E-state index in [0.29, 0.717) is 11.0 Å². The lowest BCUT2D eigenvalue weighted by molar-refractivity contribution is -0.115. The number of nitrogens with two attached hydrogens (primary N) is 1. The van der Waals surface area contributed by atoms with Crippen molar-refractivity contribution in [1.29, 1.82) is 0 Å². The number of nitrogens with zero attached hydrogens (tertiary/aromatic N) is 2. The molecule has 0 aliphatic carbocycles. The number of nitrogens with one attached hydrogen (secondary N) is 1. The van der Waals surface area contributed by atoms with Gasteiger partial charge in [-0.3, -0.25) is 9.89 Å². The van der Waals surface area contributed by atoms with E-state index in [9.17, 15) is 4.79 Å². The molecule has 2 aromatic rings. The Hall–Kier alpha value is -2.08. The highest BCUT2D eigenvalue weighted by molar-refractivity contribution is 7.99. The first-order chi connectivity index (χ1) is 8.74. The third-order valence-electron chi connectivity index (χ3n) is 2.06. The summed E-state index contributed by atoms with van der Waals surface area (Å²) in [5.41, 5.74) is 6.13. The third-order valence-corrected chi connectivity index (χ3v) is 2.93. The van der Waals surface area contributed by atoms with Gasteiger partial charge < -0.3 is 5.73 Å². The van der Waals surface area contributed by atoms with Crippen LogP contribution in [0.4, 0.5) is 0 Å². The number of carbonyl (C=O) groups is 1. The molecule has 5 nitrogen and oxygen atoms in total. The molecule has 0 spiro atoms. The topological polar surface area (TPSA) is 84.7 Å². The number of hydrogen-bond donors (Lipinski definition) is 2. The molecule has 1 aromatic heterocycles. The van der Waals surface area contributed by atoms with Crippen LogP contribution < -0.4 is 5.73 Å². The van der Waals surface area contributed by atoms with Crippen LogP contribution in [0, 0.1) is 0 Å². The van der Waals surface area contributed by atoms with Crippen LogP contribution in [-0.4, -0.2) is 26.8 Å². The van der Waals surface area contributed by atoms with Crippen LogP contribution in [0.2, 0.25) is 0 Å². The van der Waals surface area contributed by atoms with Gasteiger partial charge in [-0.15, -0.1) is 5.10 Å². The van der Waals surface area contributed by atoms with Crippen molar-refractivity contribution >= 4 is 29.8 Å². The fourth-order valence-electron chi connectivity index (χ4n) is 1.27. The number of thioether (sulfide) groups is 1. The first-order valence-corrected chi connectivity index (χ1v) is 6.29. The number of rotatable bonds is 5. The Labute approximate surface area is 109 Å². The molecule has 1 amide bonds. The first kappa shape index (κ1) is 12.4. The van der Waals surface area contributed by atoms with Crippen molar-refractivity contribution in [3.05, 3.63) is 41.7 Å². The summed E-state index contributed by atoms with van der Waals surface area (Å²) in [5.74, 6) is 0.441. The molecular formula is C12H12N4OS. The zero-order valence-electron chi connectivity index (χ0n) is 9.54. The molecule has 0 aliphatic rings. The number of amides is 1. The van der Waals surface area contributed by atoms with Crippen molar-refractivity contribution in [2.24, 2.45) is 5.73 Å². The molecule has 0 fully saturated rings. The maximum absolute atomic E-state index is 10.6. The average molecular weight is 260 g/mol. The van der Waals surface area contributed by atoms with Crippen molar-refractivity contribution in [3.63, 3.8) is 0 Å². The fraction of sp³-hybridized carbons (Fsp3) is 0.0833. The summed E-state index contributed by atoms with van der Waals surface area (Å²) < 4.78 is 0. The van der Waals surface area contributed by atoms with Gasteiger partial charge in [-0.2, -0.15) is 0 Å². The molecule has 2 rings (SSSR count). The molecule has 0 unspecified atom stereocenters. The minimum absolute atomic E-state index is 0.180. The lowest BCUT2D eigenvalue weighted by atomic mass is 10.2. The second-order valence-corrected chi connectivity index (χ2v) is 4.44. The van der Waals surface area contributed by atoms with Crippen molar-refractivity contribution in [2.45, 2.75) is 5.16 Å². The van der Waals surface area contributed by atoms with Crippen molar-refractivity contribution < 1.29 is 4.79 Å². The molecule has 1 heterocycles. The Morgan fingerprint density at radius 2 is 2.11 bits per heavy atom. The van der Waals surface area contributed by atoms with Gasteiger partial charge >= 0.3 is 0 Å². The van der Waals surface area contributed by atoms with Crippen molar-refractivity contribution in [3.8, 4) is 0 Å². The van der Waals surface area contributed by atoms with Gasteiger partial charge in [0.05, 0.1) is 5.75 Å². The maximum atomic E-state index is 10.6. The highest BCUT2D eigenvalue weighted by Crippen LogP contribution is 2.12. The Bertz CT molecular complexity index is 550. The summed E-state index contributed by atoms with van der Waals surface area (Å²) in [6, 6.07) is 9.89. The van der Waals surface area contributed by atoms with Gasteiger partial charge in [-0.25, -0.2) is 4.98 Å². The van der Waals surface area contributed by atoms with Gasteiger partial charge in [0.25, 0.3) is 0 Å². The van der Waals surface area contributed by atoms with Crippen molar-refractivity contribution in [2.75, 3.05) is 5.75 Å². The highest BCUT2D eigenvalue weighted by Gasteiger charge is 2.03. The molecule has 18 heavy (non-hydrogen) atoms. The normalized spacial score (nSPS) is 10.9. The Morgan fingerprint density at radius 1 is 1.33 bits per heavy atom. The standard InChI is InChI=1S/C12H12N4OS/c13-10(17)8-18-12-14-11(15-16-12)7-6-9-4-2-1-3-5-9/h1-7H,8H2,(H2,13,17)(H,14,15,16)/b7-6-. The summed E-state index contributed by atoms with van der Waals surface area (Å²) in [5, 5.41) is 7.26. The number of aromatic nitrogens is 3. The second kappa shape index (κ2) is 6.02. The van der Waals surface area contributed by atoms with E-state index in [-0.39, 0.29) is 11.7 Å². The third kappa shape index (κ3) is 3.74. The van der Waals surface area contributed by atoms with Crippen molar-refractivity contribution in [1.82, 2.24) is 15.2 Å². The molecule has 3 N–H and O–H groups in total. The minimum atomic E-state index is -0.383. The molecule has 0 aliphatic heterocycles. The molecule has 0 radical (unpaired) electrons. The van der Waals surface area contributed by atoms with Crippen LogP contribution in [0.1, 0.15) is 11.4 Å². The number of benzene rings is 1. The van der Waals surface area contributed by atoms with E-state index in [1.807, 2.05) is 42.5 Å². The van der Waals surface area contributed by atoms with Crippen LogP contribution in [0.5, 0.6) is 0 Å². The molecule has 0 saturated heterocycles. The van der Waals surface area contributed by atoms with Crippen LogP contribution in [-0.2, 0) is 4.79 Å². The summed E-state index contributed by atoms with van der Waals surface area (Å²) >= 11 is 1.21. The lowest BCUT2D eigenvalue weighted by Crippen LogP contribution is -2.13. The van der Waals surface area contributed by atoms with Gasteiger partial charge in [0.2, 0.25) is 11.1 Å². The zero-order valence-corrected chi connectivity index (χ0v) is 10.4. The SMILES string of the molecule is NC(=O)CSc1n[nH]c(/C=C\c2ccccc2)n1. The molecule has 0 bridgehead atoms. The molecular weight excluding hydrogens is 248 g/mol. The van der Waals surface area contributed by atoms with Gasteiger partial charge in [0.15, 0.2) is 0 Å². The summed E-state index contributed by atoms with van der Waals surface area (Å²) in [7, 11) is 0. The fourth-order valence-corrected chi connectivity index (χ4v) is 1.82. The average Bonchev–Trinajstić information content (AvgIpc) is 2.83. The Morgan fingerprint density at radius 3 is 2.83 bits per heavy atom. The van der Waals surface area contributed by atoms with Crippen LogP contribution in [0.15, 0.2) is 35.5 Å². The molecule has 6 heteroatoms. The monoisotopic (exact) mass is 260 g/mol. The quantitative estimate of drug-likeness (QED) is 0.799. The number of carbonyl (C=O) groups excluding carboxylic acids is 1. The molecule has 0 saturated carbocycles. The Balaban J connectivity index is 1.98. The molecule has 0 atom stereocenters. The van der Waals surface area contributed by atoms with Gasteiger partial charge in [-0.05, 0) is 11.6 Å². The smallest absolute Gasteiger partial charge is 0.227 e. The summed E-state index contributed by atoms with van der Waals surface area (Å²) in [4.78, 5) is 14.8. The van der Waals surface area contributed by atoms with E-state index in [2.05, 4.69) is 15.2 Å². The highest BCUT2D eigenvalue weighted by atomic mass is 32.2. The van der Waals surface area contributed by atoms with Gasteiger partial charge in [0.1, 0.15) is 5.82 Å². The maximum Gasteiger partial charge on any atom is 0.227 e. The molecule has 92 valence electrons. The van der Waals surface area contributed by atoms with E-state index in [0.717, 1.165) is 5.56 Å². The number of primary amides is 1.